The molecule has 27 heavy (non-hydrogen) atoms. The van der Waals surface area contributed by atoms with Crippen molar-refractivity contribution in [3.63, 3.8) is 0 Å². The zero-order chi connectivity index (χ0) is 19.4. The summed E-state index contributed by atoms with van der Waals surface area (Å²) < 4.78 is 0. The van der Waals surface area contributed by atoms with Gasteiger partial charge in [-0.05, 0) is 55.3 Å². The molecule has 2 amide bonds. The van der Waals surface area contributed by atoms with E-state index >= 15 is 0 Å². The Labute approximate surface area is 162 Å². The zero-order valence-electron chi connectivity index (χ0n) is 14.9. The van der Waals surface area contributed by atoms with Crippen LogP contribution in [0.2, 0.25) is 5.02 Å². The van der Waals surface area contributed by atoms with E-state index in [1.807, 2.05) is 32.0 Å². The van der Waals surface area contributed by atoms with Crippen LogP contribution in [0.15, 0.2) is 60.7 Å². The number of halogens is 1. The SMILES string of the molecule is Cc1ccc(C)c(NC(=O)c2cccc(C(=O)Nc3ccccc3Cl)n2)c1. The van der Waals surface area contributed by atoms with Gasteiger partial charge in [0.2, 0.25) is 0 Å². The molecule has 0 spiro atoms. The van der Waals surface area contributed by atoms with Gasteiger partial charge in [-0.15, -0.1) is 0 Å². The van der Waals surface area contributed by atoms with Gasteiger partial charge in [0.25, 0.3) is 11.8 Å². The second-order valence-electron chi connectivity index (χ2n) is 6.11. The molecule has 0 aliphatic carbocycles. The first-order valence-corrected chi connectivity index (χ1v) is 8.73. The number of nitrogens with one attached hydrogen (secondary N) is 2. The maximum atomic E-state index is 12.5. The molecule has 2 aromatic carbocycles. The Kier molecular flexibility index (Phi) is 5.52. The fourth-order valence-electron chi connectivity index (χ4n) is 2.49. The summed E-state index contributed by atoms with van der Waals surface area (Å²) in [7, 11) is 0. The molecule has 0 unspecified atom stereocenters. The first-order chi connectivity index (χ1) is 12.9. The number of rotatable bonds is 4. The largest absolute Gasteiger partial charge is 0.320 e. The van der Waals surface area contributed by atoms with Crippen molar-refractivity contribution in [3.05, 3.63) is 88.2 Å². The van der Waals surface area contributed by atoms with Crippen molar-refractivity contribution in [2.45, 2.75) is 13.8 Å². The summed E-state index contributed by atoms with van der Waals surface area (Å²) in [5, 5.41) is 5.96. The number of carbonyl (C=O) groups excluding carboxylic acids is 2. The summed E-state index contributed by atoms with van der Waals surface area (Å²) in [4.78, 5) is 29.2. The quantitative estimate of drug-likeness (QED) is 0.680. The monoisotopic (exact) mass is 379 g/mol. The topological polar surface area (TPSA) is 71.1 Å². The van der Waals surface area contributed by atoms with Crippen molar-refractivity contribution in [1.82, 2.24) is 4.98 Å². The molecular formula is C21H18ClN3O2. The van der Waals surface area contributed by atoms with E-state index in [0.29, 0.717) is 16.4 Å². The van der Waals surface area contributed by atoms with E-state index in [1.54, 1.807) is 42.5 Å². The van der Waals surface area contributed by atoms with E-state index in [9.17, 15) is 9.59 Å². The Morgan fingerprint density at radius 1 is 0.815 bits per heavy atom. The van der Waals surface area contributed by atoms with Gasteiger partial charge in [-0.2, -0.15) is 0 Å². The van der Waals surface area contributed by atoms with Crippen molar-refractivity contribution in [3.8, 4) is 0 Å². The van der Waals surface area contributed by atoms with Crippen LogP contribution < -0.4 is 10.6 Å². The highest BCUT2D eigenvalue weighted by molar-refractivity contribution is 6.33. The Hall–Kier alpha value is -3.18. The van der Waals surface area contributed by atoms with Crippen molar-refractivity contribution in [1.29, 1.82) is 0 Å². The molecule has 1 aromatic heterocycles. The van der Waals surface area contributed by atoms with Crippen LogP contribution in [0.25, 0.3) is 0 Å². The second kappa shape index (κ2) is 8.01. The van der Waals surface area contributed by atoms with E-state index in [4.69, 9.17) is 11.6 Å². The third-order valence-electron chi connectivity index (χ3n) is 3.98. The molecular weight excluding hydrogens is 362 g/mol. The van der Waals surface area contributed by atoms with Crippen LogP contribution in [0.3, 0.4) is 0 Å². The number of para-hydroxylation sites is 1. The highest BCUT2D eigenvalue weighted by atomic mass is 35.5. The second-order valence-corrected chi connectivity index (χ2v) is 6.52. The Bertz CT molecular complexity index is 1020. The minimum atomic E-state index is -0.440. The molecule has 3 rings (SSSR count). The highest BCUT2D eigenvalue weighted by Gasteiger charge is 2.14. The third-order valence-corrected chi connectivity index (χ3v) is 4.31. The normalized spacial score (nSPS) is 10.3. The van der Waals surface area contributed by atoms with E-state index in [-0.39, 0.29) is 17.3 Å². The van der Waals surface area contributed by atoms with Gasteiger partial charge < -0.3 is 10.6 Å². The van der Waals surface area contributed by atoms with Crippen LogP contribution in [0.4, 0.5) is 11.4 Å². The van der Waals surface area contributed by atoms with Crippen LogP contribution in [-0.4, -0.2) is 16.8 Å². The molecule has 0 aliphatic heterocycles. The minimum Gasteiger partial charge on any atom is -0.320 e. The number of carbonyl (C=O) groups is 2. The molecule has 0 bridgehead atoms. The molecule has 0 fully saturated rings. The number of aryl methyl sites for hydroxylation is 2. The van der Waals surface area contributed by atoms with Crippen LogP contribution in [0.5, 0.6) is 0 Å². The lowest BCUT2D eigenvalue weighted by atomic mass is 10.1. The maximum absolute atomic E-state index is 12.5. The number of pyridine rings is 1. The fourth-order valence-corrected chi connectivity index (χ4v) is 2.68. The molecule has 0 saturated heterocycles. The summed E-state index contributed by atoms with van der Waals surface area (Å²) >= 11 is 6.06. The summed E-state index contributed by atoms with van der Waals surface area (Å²) in [5.74, 6) is -0.819. The van der Waals surface area contributed by atoms with Gasteiger partial charge in [-0.1, -0.05) is 41.9 Å². The molecule has 6 heteroatoms. The van der Waals surface area contributed by atoms with E-state index in [1.165, 1.54) is 0 Å². The summed E-state index contributed by atoms with van der Waals surface area (Å²) in [5.41, 5.74) is 3.47. The molecule has 0 saturated carbocycles. The van der Waals surface area contributed by atoms with E-state index in [2.05, 4.69) is 15.6 Å². The summed E-state index contributed by atoms with van der Waals surface area (Å²) in [6.07, 6.45) is 0. The van der Waals surface area contributed by atoms with Crippen LogP contribution in [-0.2, 0) is 0 Å². The lowest BCUT2D eigenvalue weighted by Gasteiger charge is -2.10. The molecule has 3 aromatic rings. The fraction of sp³-hybridized carbons (Fsp3) is 0.0952. The van der Waals surface area contributed by atoms with Gasteiger partial charge in [0.1, 0.15) is 11.4 Å². The van der Waals surface area contributed by atoms with Crippen LogP contribution >= 0.6 is 11.6 Å². The standard InChI is InChI=1S/C21H18ClN3O2/c1-13-10-11-14(2)19(12-13)25-21(27)18-9-5-8-17(23-18)20(26)24-16-7-4-3-6-15(16)22/h3-12H,1-2H3,(H,24,26)(H,25,27). The Balaban J connectivity index is 1.78. The lowest BCUT2D eigenvalue weighted by molar-refractivity contribution is 0.101. The summed E-state index contributed by atoms with van der Waals surface area (Å²) in [6, 6.07) is 17.4. The maximum Gasteiger partial charge on any atom is 0.274 e. The molecule has 0 aliphatic rings. The molecule has 5 nitrogen and oxygen atoms in total. The third kappa shape index (κ3) is 4.51. The van der Waals surface area contributed by atoms with Gasteiger partial charge >= 0.3 is 0 Å². The number of hydrogen-bond acceptors (Lipinski definition) is 3. The Morgan fingerprint density at radius 2 is 1.44 bits per heavy atom. The van der Waals surface area contributed by atoms with Crippen molar-refractivity contribution in [2.24, 2.45) is 0 Å². The number of amides is 2. The van der Waals surface area contributed by atoms with Gasteiger partial charge in [0.05, 0.1) is 10.7 Å². The molecule has 0 radical (unpaired) electrons. The highest BCUT2D eigenvalue weighted by Crippen LogP contribution is 2.21. The lowest BCUT2D eigenvalue weighted by Crippen LogP contribution is -2.19. The van der Waals surface area contributed by atoms with Crippen molar-refractivity contribution in [2.75, 3.05) is 10.6 Å². The number of nitrogens with zero attached hydrogens (tertiary/aromatic N) is 1. The van der Waals surface area contributed by atoms with Crippen molar-refractivity contribution < 1.29 is 9.59 Å². The first kappa shape index (κ1) is 18.6. The predicted molar refractivity (Wildman–Crippen MR) is 108 cm³/mol. The van der Waals surface area contributed by atoms with Crippen molar-refractivity contribution >= 4 is 34.8 Å². The van der Waals surface area contributed by atoms with E-state index < -0.39 is 5.91 Å². The molecule has 0 atom stereocenters. The summed E-state index contributed by atoms with van der Waals surface area (Å²) in [6.45, 7) is 3.86. The first-order valence-electron chi connectivity index (χ1n) is 8.35. The average Bonchev–Trinajstić information content (AvgIpc) is 2.66. The molecule has 136 valence electrons. The van der Waals surface area contributed by atoms with E-state index in [0.717, 1.165) is 11.1 Å². The van der Waals surface area contributed by atoms with Gasteiger partial charge in [0, 0.05) is 5.69 Å². The van der Waals surface area contributed by atoms with Gasteiger partial charge in [0.15, 0.2) is 0 Å². The smallest absolute Gasteiger partial charge is 0.274 e. The number of benzene rings is 2. The number of hydrogen-bond donors (Lipinski definition) is 2. The van der Waals surface area contributed by atoms with Gasteiger partial charge in [-0.3, -0.25) is 9.59 Å². The Morgan fingerprint density at radius 3 is 2.11 bits per heavy atom. The number of anilines is 2. The van der Waals surface area contributed by atoms with Crippen LogP contribution in [0.1, 0.15) is 32.1 Å². The zero-order valence-corrected chi connectivity index (χ0v) is 15.7. The van der Waals surface area contributed by atoms with Gasteiger partial charge in [-0.25, -0.2) is 4.98 Å². The predicted octanol–water partition coefficient (Wildman–Crippen LogP) is 4.86. The average molecular weight is 380 g/mol. The number of aromatic nitrogens is 1. The molecule has 1 heterocycles. The molecule has 2 N–H and O–H groups in total. The van der Waals surface area contributed by atoms with Crippen LogP contribution in [0, 0.1) is 13.8 Å². The minimum absolute atomic E-state index is 0.128.